The Hall–Kier alpha value is -3.56. The van der Waals surface area contributed by atoms with Crippen molar-refractivity contribution >= 4 is 34.8 Å². The third-order valence-electron chi connectivity index (χ3n) is 5.07. The van der Waals surface area contributed by atoms with Gasteiger partial charge in [0.1, 0.15) is 6.54 Å². The molecule has 2 amide bonds. The first-order chi connectivity index (χ1) is 15.9. The number of carbonyl (C=O) groups excluding carboxylic acids is 2. The maximum atomic E-state index is 12.6. The minimum absolute atomic E-state index is 0.325. The number of para-hydroxylation sites is 1. The highest BCUT2D eigenvalue weighted by atomic mass is 32.1. The number of aromatic nitrogens is 1. The zero-order valence-electron chi connectivity index (χ0n) is 18.1. The number of carboxylic acids is 1. The Morgan fingerprint density at radius 1 is 1.03 bits per heavy atom. The van der Waals surface area contributed by atoms with Gasteiger partial charge in [-0.15, -0.1) is 11.3 Å². The maximum Gasteiger partial charge on any atom is 0.323 e. The fourth-order valence-electron chi connectivity index (χ4n) is 3.47. The van der Waals surface area contributed by atoms with Crippen LogP contribution in [0.2, 0.25) is 0 Å². The smallest absolute Gasteiger partial charge is 0.323 e. The summed E-state index contributed by atoms with van der Waals surface area (Å²) in [5.41, 5.74) is 13.6. The zero-order valence-corrected chi connectivity index (χ0v) is 18.9. The van der Waals surface area contributed by atoms with E-state index in [0.29, 0.717) is 22.8 Å². The van der Waals surface area contributed by atoms with Gasteiger partial charge in [0.05, 0.1) is 5.69 Å². The quantitative estimate of drug-likeness (QED) is 0.510. The van der Waals surface area contributed by atoms with Gasteiger partial charge < -0.3 is 16.6 Å². The number of carbonyl (C=O) groups is 3. The number of carboxylic acid groups (broad SMARTS) is 1. The number of rotatable bonds is 6. The summed E-state index contributed by atoms with van der Waals surface area (Å²) in [5, 5.41) is 9.50. The molecule has 1 aliphatic rings. The summed E-state index contributed by atoms with van der Waals surface area (Å²) in [6, 6.07) is 15.6. The van der Waals surface area contributed by atoms with Crippen molar-refractivity contribution in [1.29, 1.82) is 0 Å². The predicted molar refractivity (Wildman–Crippen MR) is 127 cm³/mol. The molecule has 0 bridgehead atoms. The van der Waals surface area contributed by atoms with Gasteiger partial charge in [0.25, 0.3) is 11.8 Å². The summed E-state index contributed by atoms with van der Waals surface area (Å²) in [4.78, 5) is 41.1. The summed E-state index contributed by atoms with van der Waals surface area (Å²) in [7, 11) is 0. The van der Waals surface area contributed by atoms with Crippen molar-refractivity contribution in [3.8, 4) is 0 Å². The highest BCUT2D eigenvalue weighted by Gasteiger charge is 2.20. The molecular formula is C24H26N4O4S. The summed E-state index contributed by atoms with van der Waals surface area (Å²) in [5.74, 6) is -1.82. The first kappa shape index (κ1) is 24.1. The Kier molecular flexibility index (Phi) is 8.28. The van der Waals surface area contributed by atoms with E-state index in [9.17, 15) is 14.4 Å². The molecule has 172 valence electrons. The molecule has 8 nitrogen and oxygen atoms in total. The first-order valence-corrected chi connectivity index (χ1v) is 11.4. The van der Waals surface area contributed by atoms with E-state index in [1.165, 1.54) is 34.0 Å². The second kappa shape index (κ2) is 11.3. The molecule has 0 aliphatic heterocycles. The molecule has 0 saturated carbocycles. The predicted octanol–water partition coefficient (Wildman–Crippen LogP) is 3.00. The number of hydrogen-bond acceptors (Lipinski definition) is 6. The first-order valence-electron chi connectivity index (χ1n) is 10.5. The molecule has 1 aliphatic carbocycles. The lowest BCUT2D eigenvalue weighted by molar-refractivity contribution is -0.135. The Morgan fingerprint density at radius 2 is 1.76 bits per heavy atom. The monoisotopic (exact) mass is 466 g/mol. The Labute approximate surface area is 195 Å². The van der Waals surface area contributed by atoms with E-state index >= 15 is 0 Å². The van der Waals surface area contributed by atoms with Crippen LogP contribution < -0.4 is 16.4 Å². The molecule has 1 aromatic heterocycles. The SMILES string of the molecule is NC(=O)c1nc2c(s1)CCCC2.NCc1cccc(C(=O)N(CC(=O)O)c2ccccc2)c1. The van der Waals surface area contributed by atoms with Crippen molar-refractivity contribution < 1.29 is 19.5 Å². The van der Waals surface area contributed by atoms with Gasteiger partial charge in [0.2, 0.25) is 0 Å². The number of aliphatic carboxylic acids is 1. The normalized spacial score (nSPS) is 12.2. The van der Waals surface area contributed by atoms with E-state index < -0.39 is 18.4 Å². The van der Waals surface area contributed by atoms with E-state index in [-0.39, 0.29) is 5.91 Å². The molecule has 0 atom stereocenters. The van der Waals surface area contributed by atoms with Crippen molar-refractivity contribution in [2.45, 2.75) is 32.2 Å². The molecule has 0 saturated heterocycles. The molecule has 1 heterocycles. The van der Waals surface area contributed by atoms with Crippen molar-refractivity contribution in [3.63, 3.8) is 0 Å². The van der Waals surface area contributed by atoms with Gasteiger partial charge in [-0.3, -0.25) is 19.3 Å². The standard InChI is InChI=1S/C16H16N2O3.C8H10N2OS/c17-10-12-5-4-6-13(9-12)16(21)18(11-15(19)20)14-7-2-1-3-8-14;9-7(11)8-10-5-3-1-2-4-6(5)12-8/h1-9H,10-11,17H2,(H,19,20);1-4H2,(H2,9,11). The molecule has 2 aromatic carbocycles. The highest BCUT2D eigenvalue weighted by Crippen LogP contribution is 2.26. The average Bonchev–Trinajstić information content (AvgIpc) is 3.28. The number of nitrogens with two attached hydrogens (primary N) is 2. The summed E-state index contributed by atoms with van der Waals surface area (Å²) in [6.45, 7) is -0.0684. The van der Waals surface area contributed by atoms with Gasteiger partial charge in [0.15, 0.2) is 5.01 Å². The van der Waals surface area contributed by atoms with Gasteiger partial charge in [0, 0.05) is 22.7 Å². The van der Waals surface area contributed by atoms with Crippen molar-refractivity contribution in [1.82, 2.24) is 4.98 Å². The van der Waals surface area contributed by atoms with E-state index in [2.05, 4.69) is 4.98 Å². The topological polar surface area (TPSA) is 140 Å². The molecule has 4 rings (SSSR count). The molecule has 33 heavy (non-hydrogen) atoms. The third kappa shape index (κ3) is 6.47. The number of hydrogen-bond donors (Lipinski definition) is 3. The molecule has 0 fully saturated rings. The van der Waals surface area contributed by atoms with Crippen molar-refractivity contribution in [3.05, 3.63) is 81.3 Å². The van der Waals surface area contributed by atoms with Crippen LogP contribution in [0.15, 0.2) is 54.6 Å². The van der Waals surface area contributed by atoms with Crippen LogP contribution in [0.25, 0.3) is 0 Å². The lowest BCUT2D eigenvalue weighted by Gasteiger charge is -2.21. The van der Waals surface area contributed by atoms with Crippen LogP contribution >= 0.6 is 11.3 Å². The number of thiazole rings is 1. The van der Waals surface area contributed by atoms with Gasteiger partial charge >= 0.3 is 5.97 Å². The highest BCUT2D eigenvalue weighted by molar-refractivity contribution is 7.13. The van der Waals surface area contributed by atoms with E-state index in [1.807, 2.05) is 12.1 Å². The summed E-state index contributed by atoms with van der Waals surface area (Å²) >= 11 is 1.46. The van der Waals surface area contributed by atoms with Crippen LogP contribution in [0.4, 0.5) is 5.69 Å². The van der Waals surface area contributed by atoms with E-state index in [0.717, 1.165) is 24.1 Å². The summed E-state index contributed by atoms with van der Waals surface area (Å²) < 4.78 is 0. The number of amides is 2. The van der Waals surface area contributed by atoms with E-state index in [4.69, 9.17) is 16.6 Å². The Bertz CT molecular complexity index is 1110. The van der Waals surface area contributed by atoms with Crippen LogP contribution in [-0.4, -0.2) is 34.4 Å². The lowest BCUT2D eigenvalue weighted by Crippen LogP contribution is -2.35. The Balaban J connectivity index is 0.000000215. The molecule has 0 spiro atoms. The number of benzene rings is 2. The molecule has 5 N–H and O–H groups in total. The number of anilines is 1. The number of nitrogens with zero attached hydrogens (tertiary/aromatic N) is 2. The van der Waals surface area contributed by atoms with Crippen LogP contribution in [0.1, 0.15) is 49.1 Å². The third-order valence-corrected chi connectivity index (χ3v) is 6.24. The number of primary amides is 1. The minimum atomic E-state index is -1.07. The average molecular weight is 467 g/mol. The molecule has 3 aromatic rings. The van der Waals surface area contributed by atoms with Crippen molar-refractivity contribution in [2.24, 2.45) is 11.5 Å². The maximum absolute atomic E-state index is 12.6. The molecule has 9 heteroatoms. The fraction of sp³-hybridized carbons (Fsp3) is 0.250. The van der Waals surface area contributed by atoms with Crippen molar-refractivity contribution in [2.75, 3.05) is 11.4 Å². The second-order valence-corrected chi connectivity index (χ2v) is 8.57. The summed E-state index contributed by atoms with van der Waals surface area (Å²) in [6.07, 6.45) is 4.49. The number of fused-ring (bicyclic) bond motifs is 1. The number of aryl methyl sites for hydroxylation is 2. The van der Waals surface area contributed by atoms with Gasteiger partial charge in [-0.25, -0.2) is 4.98 Å². The lowest BCUT2D eigenvalue weighted by atomic mass is 10.0. The van der Waals surface area contributed by atoms with Gasteiger partial charge in [-0.1, -0.05) is 30.3 Å². The van der Waals surface area contributed by atoms with Gasteiger partial charge in [-0.2, -0.15) is 0 Å². The Morgan fingerprint density at radius 3 is 2.39 bits per heavy atom. The minimum Gasteiger partial charge on any atom is -0.480 e. The van der Waals surface area contributed by atoms with Crippen LogP contribution in [0.3, 0.4) is 0 Å². The van der Waals surface area contributed by atoms with Crippen LogP contribution in [-0.2, 0) is 24.2 Å². The van der Waals surface area contributed by atoms with E-state index in [1.54, 1.807) is 42.5 Å². The molecular weight excluding hydrogens is 440 g/mol. The largest absolute Gasteiger partial charge is 0.480 e. The van der Waals surface area contributed by atoms with Crippen LogP contribution in [0.5, 0.6) is 0 Å². The zero-order chi connectivity index (χ0) is 23.8. The van der Waals surface area contributed by atoms with Crippen LogP contribution in [0, 0.1) is 0 Å². The second-order valence-electron chi connectivity index (χ2n) is 7.49. The molecule has 0 unspecified atom stereocenters. The molecule has 0 radical (unpaired) electrons. The fourth-order valence-corrected chi connectivity index (χ4v) is 4.47. The van der Waals surface area contributed by atoms with Gasteiger partial charge in [-0.05, 0) is 55.5 Å².